The molecule has 0 saturated heterocycles. The fourth-order valence-electron chi connectivity index (χ4n) is 1.02. The van der Waals surface area contributed by atoms with E-state index in [1.165, 1.54) is 12.1 Å². The van der Waals surface area contributed by atoms with Crippen molar-refractivity contribution < 1.29 is 18.6 Å². The number of benzene rings is 1. The van der Waals surface area contributed by atoms with Crippen molar-refractivity contribution in [3.05, 3.63) is 30.3 Å². The zero-order chi connectivity index (χ0) is 11.3. The Morgan fingerprint density at radius 1 is 1.13 bits per heavy atom. The van der Waals surface area contributed by atoms with Crippen LogP contribution in [0.1, 0.15) is 0 Å². The van der Waals surface area contributed by atoms with Crippen LogP contribution >= 0.6 is 0 Å². The first-order chi connectivity index (χ1) is 7.10. The monoisotopic (exact) mass is 231 g/mol. The van der Waals surface area contributed by atoms with Gasteiger partial charge in [-0.3, -0.25) is 0 Å². The Balaban J connectivity index is 2.85. The van der Waals surface area contributed by atoms with Crippen molar-refractivity contribution in [2.75, 3.05) is 13.2 Å². The van der Waals surface area contributed by atoms with E-state index >= 15 is 0 Å². The normalized spacial score (nSPS) is 11.9. The number of aliphatic hydroxyl groups excluding tert-OH is 2. The number of sulfonamides is 1. The molecule has 6 heteroatoms. The third-order valence-corrected chi connectivity index (χ3v) is 3.35. The van der Waals surface area contributed by atoms with E-state index in [1.54, 1.807) is 18.2 Å². The van der Waals surface area contributed by atoms with Gasteiger partial charge in [-0.25, -0.2) is 13.1 Å². The minimum Gasteiger partial charge on any atom is -0.395 e. The maximum absolute atomic E-state index is 11.6. The molecule has 0 spiro atoms. The topological polar surface area (TPSA) is 86.6 Å². The second kappa shape index (κ2) is 5.22. The summed E-state index contributed by atoms with van der Waals surface area (Å²) in [5, 5.41) is 17.5. The molecular weight excluding hydrogens is 218 g/mol. The lowest BCUT2D eigenvalue weighted by atomic mass is 10.4. The van der Waals surface area contributed by atoms with E-state index in [0.717, 1.165) is 0 Å². The minimum atomic E-state index is -3.65. The highest BCUT2D eigenvalue weighted by atomic mass is 32.2. The van der Waals surface area contributed by atoms with E-state index in [2.05, 4.69) is 4.72 Å². The second-order valence-corrected chi connectivity index (χ2v) is 4.71. The molecule has 5 nitrogen and oxygen atoms in total. The third-order valence-electron chi connectivity index (χ3n) is 1.82. The largest absolute Gasteiger partial charge is 0.395 e. The predicted molar refractivity (Wildman–Crippen MR) is 54.7 cm³/mol. The van der Waals surface area contributed by atoms with Crippen LogP contribution < -0.4 is 4.72 Å². The highest BCUT2D eigenvalue weighted by Gasteiger charge is 2.18. The van der Waals surface area contributed by atoms with Crippen molar-refractivity contribution in [3.8, 4) is 0 Å². The van der Waals surface area contributed by atoms with Crippen molar-refractivity contribution in [2.24, 2.45) is 0 Å². The SMILES string of the molecule is O=S(=O)(NC(CO)CO)c1ccccc1. The molecule has 0 heterocycles. The average molecular weight is 231 g/mol. The highest BCUT2D eigenvalue weighted by molar-refractivity contribution is 7.89. The first-order valence-corrected chi connectivity index (χ1v) is 5.87. The second-order valence-electron chi connectivity index (χ2n) is 3.00. The summed E-state index contributed by atoms with van der Waals surface area (Å²) in [5.41, 5.74) is 0. The fourth-order valence-corrected chi connectivity index (χ4v) is 2.26. The van der Waals surface area contributed by atoms with Crippen LogP contribution in [0.5, 0.6) is 0 Å². The molecule has 0 amide bonds. The molecule has 15 heavy (non-hydrogen) atoms. The molecule has 0 fully saturated rings. The van der Waals surface area contributed by atoms with Gasteiger partial charge >= 0.3 is 0 Å². The Morgan fingerprint density at radius 3 is 2.13 bits per heavy atom. The molecule has 0 aliphatic carbocycles. The van der Waals surface area contributed by atoms with Gasteiger partial charge in [-0.2, -0.15) is 0 Å². The number of aliphatic hydroxyl groups is 2. The van der Waals surface area contributed by atoms with Crippen LogP contribution in [-0.4, -0.2) is 37.9 Å². The quantitative estimate of drug-likeness (QED) is 0.626. The Labute approximate surface area is 88.4 Å². The van der Waals surface area contributed by atoms with Gasteiger partial charge in [-0.1, -0.05) is 18.2 Å². The first kappa shape index (κ1) is 12.1. The molecular formula is C9H13NO4S. The van der Waals surface area contributed by atoms with Crippen LogP contribution in [-0.2, 0) is 10.0 Å². The third kappa shape index (κ3) is 3.28. The lowest BCUT2D eigenvalue weighted by Gasteiger charge is -2.13. The summed E-state index contributed by atoms with van der Waals surface area (Å²) in [5.74, 6) is 0. The summed E-state index contributed by atoms with van der Waals surface area (Å²) in [6.45, 7) is -0.884. The van der Waals surface area contributed by atoms with Gasteiger partial charge in [-0.05, 0) is 12.1 Å². The number of hydrogen-bond donors (Lipinski definition) is 3. The van der Waals surface area contributed by atoms with Crippen LogP contribution in [0.15, 0.2) is 35.2 Å². The van der Waals surface area contributed by atoms with E-state index in [9.17, 15) is 8.42 Å². The molecule has 0 saturated carbocycles. The van der Waals surface area contributed by atoms with Crippen LogP contribution in [0.2, 0.25) is 0 Å². The van der Waals surface area contributed by atoms with Crippen LogP contribution in [0, 0.1) is 0 Å². The Morgan fingerprint density at radius 2 is 1.67 bits per heavy atom. The number of rotatable bonds is 5. The summed E-state index contributed by atoms with van der Waals surface area (Å²) < 4.78 is 25.4. The van der Waals surface area contributed by atoms with E-state index in [-0.39, 0.29) is 4.90 Å². The molecule has 84 valence electrons. The molecule has 1 aromatic rings. The Bertz CT molecular complexity index is 386. The van der Waals surface area contributed by atoms with Gasteiger partial charge in [0.05, 0.1) is 24.2 Å². The molecule has 0 bridgehead atoms. The van der Waals surface area contributed by atoms with E-state index < -0.39 is 29.3 Å². The summed E-state index contributed by atoms with van der Waals surface area (Å²) in [4.78, 5) is 0.108. The maximum Gasteiger partial charge on any atom is 0.240 e. The zero-order valence-corrected chi connectivity index (χ0v) is 8.81. The van der Waals surface area contributed by atoms with Crippen LogP contribution in [0.25, 0.3) is 0 Å². The Kier molecular flexibility index (Phi) is 4.22. The van der Waals surface area contributed by atoms with Crippen molar-refractivity contribution in [2.45, 2.75) is 10.9 Å². The molecule has 0 aliphatic heterocycles. The smallest absolute Gasteiger partial charge is 0.240 e. The van der Waals surface area contributed by atoms with Gasteiger partial charge < -0.3 is 10.2 Å². The van der Waals surface area contributed by atoms with Gasteiger partial charge in [0.2, 0.25) is 10.0 Å². The fraction of sp³-hybridized carbons (Fsp3) is 0.333. The molecule has 0 aliphatic rings. The van der Waals surface area contributed by atoms with Crippen molar-refractivity contribution >= 4 is 10.0 Å². The van der Waals surface area contributed by atoms with E-state index in [4.69, 9.17) is 10.2 Å². The predicted octanol–water partition coefficient (Wildman–Crippen LogP) is -0.682. The van der Waals surface area contributed by atoms with Gasteiger partial charge in [0, 0.05) is 0 Å². The summed E-state index contributed by atoms with van der Waals surface area (Å²) in [6, 6.07) is 6.91. The molecule has 3 N–H and O–H groups in total. The van der Waals surface area contributed by atoms with E-state index in [0.29, 0.717) is 0 Å². The molecule has 0 atom stereocenters. The van der Waals surface area contributed by atoms with Crippen molar-refractivity contribution in [1.82, 2.24) is 4.72 Å². The van der Waals surface area contributed by atoms with Crippen molar-refractivity contribution in [3.63, 3.8) is 0 Å². The summed E-state index contributed by atoms with van der Waals surface area (Å²) >= 11 is 0. The molecule has 1 aromatic carbocycles. The van der Waals surface area contributed by atoms with Crippen molar-refractivity contribution in [1.29, 1.82) is 0 Å². The van der Waals surface area contributed by atoms with Gasteiger partial charge in [-0.15, -0.1) is 0 Å². The molecule has 0 unspecified atom stereocenters. The van der Waals surface area contributed by atoms with Gasteiger partial charge in [0.1, 0.15) is 0 Å². The highest BCUT2D eigenvalue weighted by Crippen LogP contribution is 2.07. The standard InChI is InChI=1S/C9H13NO4S/c11-6-8(7-12)10-15(13,14)9-4-2-1-3-5-9/h1-5,8,10-12H,6-7H2. The maximum atomic E-state index is 11.6. The van der Waals surface area contributed by atoms with Crippen LogP contribution in [0.4, 0.5) is 0 Å². The molecule has 1 rings (SSSR count). The minimum absolute atomic E-state index is 0.108. The lowest BCUT2D eigenvalue weighted by molar-refractivity contribution is 0.185. The summed E-state index contributed by atoms with van der Waals surface area (Å²) in [6.07, 6.45) is 0. The first-order valence-electron chi connectivity index (χ1n) is 4.39. The lowest BCUT2D eigenvalue weighted by Crippen LogP contribution is -2.39. The van der Waals surface area contributed by atoms with Gasteiger partial charge in [0.25, 0.3) is 0 Å². The zero-order valence-electron chi connectivity index (χ0n) is 8.00. The molecule has 0 aromatic heterocycles. The van der Waals surface area contributed by atoms with Gasteiger partial charge in [0.15, 0.2) is 0 Å². The molecule has 0 radical (unpaired) electrons. The van der Waals surface area contributed by atoms with Crippen LogP contribution in [0.3, 0.4) is 0 Å². The summed E-state index contributed by atoms with van der Waals surface area (Å²) in [7, 11) is -3.65. The Hall–Kier alpha value is -0.950. The number of nitrogens with one attached hydrogen (secondary N) is 1. The number of hydrogen-bond acceptors (Lipinski definition) is 4. The average Bonchev–Trinajstić information content (AvgIpc) is 2.27. The van der Waals surface area contributed by atoms with E-state index in [1.807, 2.05) is 0 Å².